The molecule has 0 unspecified atom stereocenters. The van der Waals surface area contributed by atoms with Crippen molar-refractivity contribution in [1.82, 2.24) is 4.98 Å². The third kappa shape index (κ3) is 2.37. The molecule has 0 fully saturated rings. The van der Waals surface area contributed by atoms with Crippen molar-refractivity contribution < 1.29 is 5.11 Å². The molecule has 2 N–H and O–H groups in total. The zero-order valence-corrected chi connectivity index (χ0v) is 11.4. The minimum atomic E-state index is 0.107. The minimum Gasteiger partial charge on any atom is -0.504 e. The van der Waals surface area contributed by atoms with Gasteiger partial charge < -0.3 is 10.1 Å². The van der Waals surface area contributed by atoms with Gasteiger partial charge in [-0.25, -0.2) is 0 Å². The molecule has 4 nitrogen and oxygen atoms in total. The highest BCUT2D eigenvalue weighted by molar-refractivity contribution is 9.10. The molecule has 5 heteroatoms. The number of fused-ring (bicyclic) bond motifs is 1. The number of aromatic hydroxyl groups is 1. The molecule has 0 saturated heterocycles. The lowest BCUT2D eigenvalue weighted by Crippen LogP contribution is -1.66. The summed E-state index contributed by atoms with van der Waals surface area (Å²) in [6, 6.07) is 15.0. The molecule has 19 heavy (non-hydrogen) atoms. The zero-order valence-electron chi connectivity index (χ0n) is 9.84. The van der Waals surface area contributed by atoms with E-state index in [-0.39, 0.29) is 5.75 Å². The minimum absolute atomic E-state index is 0.107. The number of hydrogen-bond acceptors (Lipinski definition) is 3. The summed E-state index contributed by atoms with van der Waals surface area (Å²) in [5, 5.41) is 18.9. The first-order chi connectivity index (χ1) is 9.24. The fourth-order valence-electron chi connectivity index (χ4n) is 1.81. The molecule has 94 valence electrons. The molecule has 2 aromatic carbocycles. The molecular formula is C14H10BrN3O. The van der Waals surface area contributed by atoms with Crippen LogP contribution in [0.4, 0.5) is 11.5 Å². The van der Waals surface area contributed by atoms with Crippen molar-refractivity contribution in [3.8, 4) is 5.75 Å². The Labute approximate surface area is 117 Å². The molecule has 1 heterocycles. The second-order valence-electron chi connectivity index (χ2n) is 4.05. The Kier molecular flexibility index (Phi) is 3.05. The number of benzene rings is 2. The second kappa shape index (κ2) is 4.85. The SMILES string of the molecule is Oc1c(N=Nc2ccccc2)[nH]c2ccc(Br)cc12. The first-order valence-electron chi connectivity index (χ1n) is 5.71. The van der Waals surface area contributed by atoms with E-state index in [2.05, 4.69) is 31.1 Å². The zero-order chi connectivity index (χ0) is 13.2. The molecule has 0 aliphatic rings. The van der Waals surface area contributed by atoms with Crippen LogP contribution in [0.15, 0.2) is 63.2 Å². The summed E-state index contributed by atoms with van der Waals surface area (Å²) in [5.74, 6) is 0.466. The Morgan fingerprint density at radius 1 is 1.00 bits per heavy atom. The van der Waals surface area contributed by atoms with Crippen LogP contribution < -0.4 is 0 Å². The van der Waals surface area contributed by atoms with Crippen LogP contribution in [-0.2, 0) is 0 Å². The number of nitrogens with one attached hydrogen (secondary N) is 1. The van der Waals surface area contributed by atoms with Gasteiger partial charge in [0.05, 0.1) is 11.2 Å². The van der Waals surface area contributed by atoms with Crippen LogP contribution in [0.5, 0.6) is 5.75 Å². The molecule has 0 radical (unpaired) electrons. The largest absolute Gasteiger partial charge is 0.504 e. The Morgan fingerprint density at radius 3 is 2.58 bits per heavy atom. The number of halogens is 1. The molecular weight excluding hydrogens is 306 g/mol. The average Bonchev–Trinajstić information content (AvgIpc) is 2.74. The Balaban J connectivity index is 2.02. The van der Waals surface area contributed by atoms with Gasteiger partial charge >= 0.3 is 0 Å². The summed E-state index contributed by atoms with van der Waals surface area (Å²) in [5.41, 5.74) is 1.56. The van der Waals surface area contributed by atoms with Gasteiger partial charge in [0, 0.05) is 9.86 Å². The summed E-state index contributed by atoms with van der Waals surface area (Å²) >= 11 is 3.37. The summed E-state index contributed by atoms with van der Waals surface area (Å²) < 4.78 is 0.904. The van der Waals surface area contributed by atoms with Crippen LogP contribution >= 0.6 is 15.9 Å². The van der Waals surface area contributed by atoms with Crippen molar-refractivity contribution in [1.29, 1.82) is 0 Å². The first kappa shape index (κ1) is 11.9. The molecule has 3 aromatic rings. The highest BCUT2D eigenvalue weighted by Crippen LogP contribution is 2.36. The van der Waals surface area contributed by atoms with Gasteiger partial charge in [0.15, 0.2) is 11.6 Å². The summed E-state index contributed by atoms with van der Waals surface area (Å²) in [6.45, 7) is 0. The maximum Gasteiger partial charge on any atom is 0.196 e. The number of H-pyrrole nitrogens is 1. The van der Waals surface area contributed by atoms with Crippen LogP contribution in [0.3, 0.4) is 0 Å². The summed E-state index contributed by atoms with van der Waals surface area (Å²) in [6.07, 6.45) is 0. The number of aromatic amines is 1. The van der Waals surface area contributed by atoms with E-state index in [1.165, 1.54) is 0 Å². The van der Waals surface area contributed by atoms with Gasteiger partial charge in [0.1, 0.15) is 0 Å². The number of azo groups is 1. The fraction of sp³-hybridized carbons (Fsp3) is 0. The van der Waals surface area contributed by atoms with E-state index < -0.39 is 0 Å². The maximum absolute atomic E-state index is 10.1. The number of hydrogen-bond donors (Lipinski definition) is 2. The van der Waals surface area contributed by atoms with Crippen molar-refractivity contribution in [3.63, 3.8) is 0 Å². The van der Waals surface area contributed by atoms with Crippen molar-refractivity contribution >= 4 is 38.3 Å². The highest BCUT2D eigenvalue weighted by Gasteiger charge is 2.09. The fourth-order valence-corrected chi connectivity index (χ4v) is 2.17. The lowest BCUT2D eigenvalue weighted by atomic mass is 10.2. The smallest absolute Gasteiger partial charge is 0.196 e. The van der Waals surface area contributed by atoms with Crippen LogP contribution in [0.2, 0.25) is 0 Å². The van der Waals surface area contributed by atoms with E-state index in [1.807, 2.05) is 48.5 Å². The second-order valence-corrected chi connectivity index (χ2v) is 4.96. The van der Waals surface area contributed by atoms with Crippen molar-refractivity contribution in [2.24, 2.45) is 10.2 Å². The molecule has 0 saturated carbocycles. The predicted molar refractivity (Wildman–Crippen MR) is 78.3 cm³/mol. The molecule has 0 spiro atoms. The van der Waals surface area contributed by atoms with E-state index >= 15 is 0 Å². The lowest BCUT2D eigenvalue weighted by Gasteiger charge is -1.91. The quantitative estimate of drug-likeness (QED) is 0.638. The van der Waals surface area contributed by atoms with E-state index in [0.717, 1.165) is 21.1 Å². The van der Waals surface area contributed by atoms with E-state index in [0.29, 0.717) is 5.82 Å². The summed E-state index contributed by atoms with van der Waals surface area (Å²) in [7, 11) is 0. The highest BCUT2D eigenvalue weighted by atomic mass is 79.9. The average molecular weight is 316 g/mol. The van der Waals surface area contributed by atoms with Crippen LogP contribution in [-0.4, -0.2) is 10.1 Å². The molecule has 0 aliphatic carbocycles. The van der Waals surface area contributed by atoms with Gasteiger partial charge in [0.25, 0.3) is 0 Å². The molecule has 0 amide bonds. The van der Waals surface area contributed by atoms with Gasteiger partial charge in [-0.15, -0.1) is 10.2 Å². The van der Waals surface area contributed by atoms with Crippen LogP contribution in [0.1, 0.15) is 0 Å². The topological polar surface area (TPSA) is 60.7 Å². The molecule has 0 bridgehead atoms. The Hall–Kier alpha value is -2.14. The van der Waals surface area contributed by atoms with Crippen molar-refractivity contribution in [3.05, 3.63) is 53.0 Å². The standard InChI is InChI=1S/C14H10BrN3O/c15-9-6-7-12-11(8-9)13(19)14(16-12)18-17-10-4-2-1-3-5-10/h1-8,16,19H. The van der Waals surface area contributed by atoms with E-state index in [1.54, 1.807) is 0 Å². The van der Waals surface area contributed by atoms with Gasteiger partial charge in [-0.1, -0.05) is 34.1 Å². The number of rotatable bonds is 2. The first-order valence-corrected chi connectivity index (χ1v) is 6.50. The normalized spacial score (nSPS) is 11.4. The van der Waals surface area contributed by atoms with E-state index in [4.69, 9.17) is 0 Å². The molecule has 0 atom stereocenters. The van der Waals surface area contributed by atoms with Gasteiger partial charge in [-0.3, -0.25) is 0 Å². The van der Waals surface area contributed by atoms with Crippen LogP contribution in [0.25, 0.3) is 10.9 Å². The maximum atomic E-state index is 10.1. The van der Waals surface area contributed by atoms with Gasteiger partial charge in [-0.2, -0.15) is 0 Å². The van der Waals surface area contributed by atoms with Crippen molar-refractivity contribution in [2.45, 2.75) is 0 Å². The summed E-state index contributed by atoms with van der Waals surface area (Å²) in [4.78, 5) is 3.03. The molecule has 1 aromatic heterocycles. The Bertz CT molecular complexity index is 750. The van der Waals surface area contributed by atoms with E-state index in [9.17, 15) is 5.11 Å². The van der Waals surface area contributed by atoms with Gasteiger partial charge in [0.2, 0.25) is 0 Å². The van der Waals surface area contributed by atoms with Crippen molar-refractivity contribution in [2.75, 3.05) is 0 Å². The number of nitrogens with zero attached hydrogens (tertiary/aromatic N) is 2. The molecule has 3 rings (SSSR count). The van der Waals surface area contributed by atoms with Crippen LogP contribution in [0, 0.1) is 0 Å². The van der Waals surface area contributed by atoms with Gasteiger partial charge in [-0.05, 0) is 30.3 Å². The Morgan fingerprint density at radius 2 is 1.79 bits per heavy atom. The third-order valence-electron chi connectivity index (χ3n) is 2.74. The monoisotopic (exact) mass is 315 g/mol. The third-order valence-corrected chi connectivity index (χ3v) is 3.23. The molecule has 0 aliphatic heterocycles. The lowest BCUT2D eigenvalue weighted by molar-refractivity contribution is 0.482. The number of aromatic nitrogens is 1. The predicted octanol–water partition coefficient (Wildman–Crippen LogP) is 5.05.